The molecule has 1 spiro atoms. The van der Waals surface area contributed by atoms with Gasteiger partial charge < -0.3 is 9.80 Å². The van der Waals surface area contributed by atoms with E-state index in [-0.39, 0.29) is 5.92 Å². The summed E-state index contributed by atoms with van der Waals surface area (Å²) >= 11 is 0. The van der Waals surface area contributed by atoms with Crippen LogP contribution in [0.4, 0.5) is 5.69 Å². The van der Waals surface area contributed by atoms with E-state index in [1.807, 2.05) is 0 Å². The SMILES string of the molecule is O=C(C1CCCC1)N1CC2(CCN(C3CCCCC3)CC2)Cc2ccccc21. The molecule has 4 aliphatic rings. The van der Waals surface area contributed by atoms with Crippen molar-refractivity contribution < 1.29 is 4.79 Å². The molecule has 5 rings (SSSR count). The number of benzene rings is 1. The lowest BCUT2D eigenvalue weighted by Crippen LogP contribution is -2.54. The van der Waals surface area contributed by atoms with Gasteiger partial charge in [-0.3, -0.25) is 4.79 Å². The first-order valence-electron chi connectivity index (χ1n) is 11.9. The number of anilines is 1. The van der Waals surface area contributed by atoms with Gasteiger partial charge in [-0.15, -0.1) is 0 Å². The van der Waals surface area contributed by atoms with Crippen LogP contribution < -0.4 is 4.90 Å². The summed E-state index contributed by atoms with van der Waals surface area (Å²) in [6, 6.07) is 9.56. The summed E-state index contributed by atoms with van der Waals surface area (Å²) in [5.41, 5.74) is 2.92. The minimum Gasteiger partial charge on any atom is -0.311 e. The number of hydrogen-bond donors (Lipinski definition) is 0. The zero-order chi connectivity index (χ0) is 19.0. The summed E-state index contributed by atoms with van der Waals surface area (Å²) in [6.45, 7) is 3.43. The quantitative estimate of drug-likeness (QED) is 0.706. The molecule has 1 aromatic rings. The predicted molar refractivity (Wildman–Crippen MR) is 115 cm³/mol. The molecule has 3 heteroatoms. The van der Waals surface area contributed by atoms with Crippen molar-refractivity contribution in [3.05, 3.63) is 29.8 Å². The molecule has 152 valence electrons. The molecule has 0 N–H and O–H groups in total. The molecule has 1 amide bonds. The van der Waals surface area contributed by atoms with Gasteiger partial charge in [-0.25, -0.2) is 0 Å². The van der Waals surface area contributed by atoms with Crippen molar-refractivity contribution in [2.45, 2.75) is 83.1 Å². The van der Waals surface area contributed by atoms with E-state index in [1.165, 1.54) is 82.1 Å². The van der Waals surface area contributed by atoms with Crippen LogP contribution in [0.3, 0.4) is 0 Å². The number of para-hydroxylation sites is 1. The summed E-state index contributed by atoms with van der Waals surface area (Å²) in [5, 5.41) is 0. The highest BCUT2D eigenvalue weighted by Crippen LogP contribution is 2.45. The van der Waals surface area contributed by atoms with Gasteiger partial charge in [0.15, 0.2) is 0 Å². The van der Waals surface area contributed by atoms with E-state index in [1.54, 1.807) is 0 Å². The molecule has 28 heavy (non-hydrogen) atoms. The third kappa shape index (κ3) is 3.51. The van der Waals surface area contributed by atoms with Crippen molar-refractivity contribution in [1.82, 2.24) is 4.90 Å². The first kappa shape index (κ1) is 18.7. The minimum atomic E-state index is 0.269. The zero-order valence-electron chi connectivity index (χ0n) is 17.4. The molecule has 2 heterocycles. The van der Waals surface area contributed by atoms with Gasteiger partial charge in [0.1, 0.15) is 0 Å². The third-order valence-corrected chi connectivity index (χ3v) is 8.26. The molecule has 0 bridgehead atoms. The summed E-state index contributed by atoms with van der Waals surface area (Å²) in [4.78, 5) is 18.4. The molecule has 2 saturated carbocycles. The molecular weight excluding hydrogens is 344 g/mol. The van der Waals surface area contributed by atoms with E-state index < -0.39 is 0 Å². The molecule has 0 aromatic heterocycles. The minimum absolute atomic E-state index is 0.269. The van der Waals surface area contributed by atoms with Crippen LogP contribution in [0.25, 0.3) is 0 Å². The van der Waals surface area contributed by atoms with Gasteiger partial charge in [-0.05, 0) is 75.1 Å². The standard InChI is InChI=1S/C25H36N2O/c28-24(20-8-4-5-9-20)27-19-25(18-21-10-6-7-13-23(21)27)14-16-26(17-15-25)22-11-2-1-3-12-22/h6-7,10,13,20,22H,1-5,8-9,11-12,14-19H2. The Morgan fingerprint density at radius 3 is 2.32 bits per heavy atom. The highest BCUT2D eigenvalue weighted by Gasteiger charge is 2.44. The average molecular weight is 381 g/mol. The number of carbonyl (C=O) groups excluding carboxylic acids is 1. The van der Waals surface area contributed by atoms with Gasteiger partial charge in [0.2, 0.25) is 5.91 Å². The van der Waals surface area contributed by atoms with Crippen LogP contribution in [0.1, 0.15) is 76.2 Å². The number of piperidine rings is 1. The van der Waals surface area contributed by atoms with E-state index in [9.17, 15) is 4.79 Å². The Bertz CT molecular complexity index is 694. The van der Waals surface area contributed by atoms with Crippen LogP contribution in [-0.2, 0) is 11.2 Å². The van der Waals surface area contributed by atoms with Crippen LogP contribution in [0, 0.1) is 11.3 Å². The average Bonchev–Trinajstić information content (AvgIpc) is 3.29. The molecular formula is C25H36N2O. The van der Waals surface area contributed by atoms with Gasteiger partial charge in [0.25, 0.3) is 0 Å². The van der Waals surface area contributed by atoms with Gasteiger partial charge in [-0.2, -0.15) is 0 Å². The van der Waals surface area contributed by atoms with Gasteiger partial charge >= 0.3 is 0 Å². The monoisotopic (exact) mass is 380 g/mol. The van der Waals surface area contributed by atoms with E-state index in [2.05, 4.69) is 34.1 Å². The largest absolute Gasteiger partial charge is 0.311 e. The lowest BCUT2D eigenvalue weighted by Gasteiger charge is -2.50. The number of carbonyl (C=O) groups is 1. The van der Waals surface area contributed by atoms with Crippen molar-refractivity contribution in [2.24, 2.45) is 11.3 Å². The van der Waals surface area contributed by atoms with Crippen molar-refractivity contribution in [3.8, 4) is 0 Å². The molecule has 2 aliphatic carbocycles. The lowest BCUT2D eigenvalue weighted by atomic mass is 9.70. The summed E-state index contributed by atoms with van der Waals surface area (Å²) in [5.74, 6) is 0.685. The first-order valence-corrected chi connectivity index (χ1v) is 11.9. The molecule has 2 aliphatic heterocycles. The highest BCUT2D eigenvalue weighted by atomic mass is 16.2. The van der Waals surface area contributed by atoms with E-state index in [0.717, 1.165) is 31.8 Å². The van der Waals surface area contributed by atoms with Crippen molar-refractivity contribution in [3.63, 3.8) is 0 Å². The van der Waals surface area contributed by atoms with Crippen LogP contribution in [0.15, 0.2) is 24.3 Å². The molecule has 0 atom stereocenters. The van der Waals surface area contributed by atoms with Crippen LogP contribution in [-0.4, -0.2) is 36.5 Å². The Morgan fingerprint density at radius 1 is 0.893 bits per heavy atom. The summed E-state index contributed by atoms with van der Waals surface area (Å²) in [7, 11) is 0. The van der Waals surface area contributed by atoms with Crippen molar-refractivity contribution >= 4 is 11.6 Å². The fraction of sp³-hybridized carbons (Fsp3) is 0.720. The second-order valence-electron chi connectivity index (χ2n) is 10.0. The molecule has 0 radical (unpaired) electrons. The van der Waals surface area contributed by atoms with Crippen LogP contribution >= 0.6 is 0 Å². The van der Waals surface area contributed by atoms with Crippen molar-refractivity contribution in [1.29, 1.82) is 0 Å². The Balaban J connectivity index is 1.34. The molecule has 0 unspecified atom stereocenters. The Labute approximate surface area is 170 Å². The molecule has 1 aromatic carbocycles. The maximum atomic E-state index is 13.4. The highest BCUT2D eigenvalue weighted by molar-refractivity contribution is 5.96. The van der Waals surface area contributed by atoms with Crippen LogP contribution in [0.2, 0.25) is 0 Å². The summed E-state index contributed by atoms with van der Waals surface area (Å²) < 4.78 is 0. The Hall–Kier alpha value is -1.35. The molecule has 3 nitrogen and oxygen atoms in total. The van der Waals surface area contributed by atoms with E-state index in [4.69, 9.17) is 0 Å². The van der Waals surface area contributed by atoms with Gasteiger partial charge in [-0.1, -0.05) is 50.3 Å². The Kier molecular flexibility index (Phi) is 5.21. The zero-order valence-corrected chi connectivity index (χ0v) is 17.4. The maximum Gasteiger partial charge on any atom is 0.230 e. The fourth-order valence-electron chi connectivity index (χ4n) is 6.54. The number of fused-ring (bicyclic) bond motifs is 1. The number of rotatable bonds is 2. The fourth-order valence-corrected chi connectivity index (χ4v) is 6.54. The molecule has 1 saturated heterocycles. The first-order chi connectivity index (χ1) is 13.7. The lowest BCUT2D eigenvalue weighted by molar-refractivity contribution is -0.123. The molecule has 3 fully saturated rings. The van der Waals surface area contributed by atoms with Gasteiger partial charge in [0.05, 0.1) is 0 Å². The number of hydrogen-bond acceptors (Lipinski definition) is 2. The predicted octanol–water partition coefficient (Wildman–Crippen LogP) is 5.18. The smallest absolute Gasteiger partial charge is 0.230 e. The number of likely N-dealkylation sites (tertiary alicyclic amines) is 1. The van der Waals surface area contributed by atoms with Crippen LogP contribution in [0.5, 0.6) is 0 Å². The normalized spacial score (nSPS) is 26.5. The van der Waals surface area contributed by atoms with E-state index >= 15 is 0 Å². The second kappa shape index (κ2) is 7.82. The van der Waals surface area contributed by atoms with Gasteiger partial charge in [0, 0.05) is 24.2 Å². The number of nitrogens with zero attached hydrogens (tertiary/aromatic N) is 2. The second-order valence-corrected chi connectivity index (χ2v) is 10.0. The Morgan fingerprint density at radius 2 is 1.57 bits per heavy atom. The third-order valence-electron chi connectivity index (χ3n) is 8.26. The van der Waals surface area contributed by atoms with Crippen molar-refractivity contribution in [2.75, 3.05) is 24.5 Å². The van der Waals surface area contributed by atoms with E-state index in [0.29, 0.717) is 11.3 Å². The maximum absolute atomic E-state index is 13.4. The summed E-state index contributed by atoms with van der Waals surface area (Å²) in [6.07, 6.45) is 15.4. The topological polar surface area (TPSA) is 23.6 Å². The number of amides is 1.